The molecule has 1 aromatic carbocycles. The Bertz CT molecular complexity index is 1020. The van der Waals surface area contributed by atoms with Crippen molar-refractivity contribution in [3.05, 3.63) is 60.4 Å². The van der Waals surface area contributed by atoms with Gasteiger partial charge in [-0.1, -0.05) is 41.7 Å². The fourth-order valence-electron chi connectivity index (χ4n) is 2.26. The molecule has 9 heteroatoms. The van der Waals surface area contributed by atoms with Crippen LogP contribution in [-0.2, 0) is 21.2 Å². The van der Waals surface area contributed by atoms with E-state index in [2.05, 4.69) is 9.97 Å². The number of nitrogens with two attached hydrogens (primary N) is 1. The van der Waals surface area contributed by atoms with Gasteiger partial charge in [-0.3, -0.25) is 14.7 Å². The molecule has 0 spiro atoms. The zero-order valence-corrected chi connectivity index (χ0v) is 15.5. The van der Waals surface area contributed by atoms with E-state index in [9.17, 15) is 13.2 Å². The molecule has 0 unspecified atom stereocenters. The lowest BCUT2D eigenvalue weighted by molar-refractivity contribution is -0.117. The van der Waals surface area contributed by atoms with Gasteiger partial charge in [-0.2, -0.15) is 0 Å². The van der Waals surface area contributed by atoms with Crippen molar-refractivity contribution in [1.29, 1.82) is 0 Å². The number of anilines is 1. The lowest BCUT2D eigenvalue weighted by Crippen LogP contribution is -2.27. The van der Waals surface area contributed by atoms with Crippen LogP contribution in [0.1, 0.15) is 5.56 Å². The predicted molar refractivity (Wildman–Crippen MR) is 100 cm³/mol. The summed E-state index contributed by atoms with van der Waals surface area (Å²) >= 11 is 0.859. The molecule has 26 heavy (non-hydrogen) atoms. The minimum Gasteiger partial charge on any atom is -0.291 e. The highest BCUT2D eigenvalue weighted by molar-refractivity contribution is 7.91. The van der Waals surface area contributed by atoms with Crippen LogP contribution in [0.3, 0.4) is 0 Å². The van der Waals surface area contributed by atoms with E-state index in [1.165, 1.54) is 4.90 Å². The van der Waals surface area contributed by atoms with Gasteiger partial charge < -0.3 is 0 Å². The molecule has 2 aromatic heterocycles. The number of likely N-dealkylation sites (N-methyl/N-ethyl adjacent to an activating group) is 1. The van der Waals surface area contributed by atoms with Crippen molar-refractivity contribution in [2.75, 3.05) is 11.9 Å². The molecule has 2 N–H and O–H groups in total. The van der Waals surface area contributed by atoms with Crippen molar-refractivity contribution in [1.82, 2.24) is 9.97 Å². The molecule has 1 amide bonds. The molecule has 0 bridgehead atoms. The third kappa shape index (κ3) is 4.13. The van der Waals surface area contributed by atoms with E-state index in [0.29, 0.717) is 0 Å². The number of carbonyl (C=O) groups excluding carboxylic acids is 1. The zero-order valence-electron chi connectivity index (χ0n) is 13.9. The highest BCUT2D eigenvalue weighted by atomic mass is 32.2. The van der Waals surface area contributed by atoms with Crippen molar-refractivity contribution in [2.45, 2.75) is 10.6 Å². The molecule has 0 aliphatic rings. The average molecular weight is 388 g/mol. The fourth-order valence-corrected chi connectivity index (χ4v) is 3.78. The average Bonchev–Trinajstić information content (AvgIpc) is 3.13. The number of nitrogens with zero attached hydrogens (tertiary/aromatic N) is 3. The third-order valence-corrected chi connectivity index (χ3v) is 6.17. The molecule has 0 aliphatic carbocycles. The summed E-state index contributed by atoms with van der Waals surface area (Å²) in [6, 6.07) is 13.2. The summed E-state index contributed by atoms with van der Waals surface area (Å²) in [6.07, 6.45) is 3.05. The molecule has 0 saturated heterocycles. The molecule has 0 atom stereocenters. The van der Waals surface area contributed by atoms with Gasteiger partial charge in [0.1, 0.15) is 0 Å². The van der Waals surface area contributed by atoms with Crippen molar-refractivity contribution < 1.29 is 13.2 Å². The number of aromatic nitrogens is 2. The first-order valence-electron chi connectivity index (χ1n) is 7.60. The molecule has 0 fully saturated rings. The summed E-state index contributed by atoms with van der Waals surface area (Å²) in [5.41, 5.74) is 2.67. The lowest BCUT2D eigenvalue weighted by atomic mass is 10.1. The second-order valence-corrected chi connectivity index (χ2v) is 8.35. The number of primary sulfonamides is 1. The zero-order chi connectivity index (χ0) is 18.7. The number of rotatable bonds is 5. The van der Waals surface area contributed by atoms with Gasteiger partial charge in [-0.05, 0) is 17.7 Å². The number of benzene rings is 1. The smallest absolute Gasteiger partial charge is 0.249 e. The Kier molecular flexibility index (Phi) is 5.12. The predicted octanol–water partition coefficient (Wildman–Crippen LogP) is 2.06. The second-order valence-electron chi connectivity index (χ2n) is 5.55. The van der Waals surface area contributed by atoms with E-state index >= 15 is 0 Å². The first-order chi connectivity index (χ1) is 12.3. The molecule has 2 heterocycles. The largest absolute Gasteiger partial charge is 0.291 e. The normalized spacial score (nSPS) is 11.3. The van der Waals surface area contributed by atoms with Crippen LogP contribution in [0.4, 0.5) is 5.13 Å². The van der Waals surface area contributed by atoms with Crippen LogP contribution in [0.5, 0.6) is 0 Å². The first kappa shape index (κ1) is 18.2. The standard InChI is InChI=1S/C17H16N4O3S2/c1-21(17-20-11-16(25-17)26(18,23)24)15(22)10-12-5-7-13(8-6-12)14-4-2-3-9-19-14/h2-9,11H,10H2,1H3,(H2,18,23,24). The highest BCUT2D eigenvalue weighted by Crippen LogP contribution is 2.25. The Hall–Kier alpha value is -2.62. The summed E-state index contributed by atoms with van der Waals surface area (Å²) in [7, 11) is -2.27. The Morgan fingerprint density at radius 1 is 1.15 bits per heavy atom. The first-order valence-corrected chi connectivity index (χ1v) is 9.96. The molecule has 0 aliphatic heterocycles. The minimum atomic E-state index is -3.82. The molecular weight excluding hydrogens is 372 g/mol. The van der Waals surface area contributed by atoms with Crippen LogP contribution in [0.2, 0.25) is 0 Å². The summed E-state index contributed by atoms with van der Waals surface area (Å²) in [6.45, 7) is 0. The maximum Gasteiger partial charge on any atom is 0.249 e. The van der Waals surface area contributed by atoms with Crippen molar-refractivity contribution in [3.63, 3.8) is 0 Å². The van der Waals surface area contributed by atoms with Gasteiger partial charge in [0.05, 0.1) is 18.3 Å². The van der Waals surface area contributed by atoms with Gasteiger partial charge in [-0.25, -0.2) is 18.5 Å². The fraction of sp³-hybridized carbons (Fsp3) is 0.118. The minimum absolute atomic E-state index is 0.0770. The van der Waals surface area contributed by atoms with Crippen molar-refractivity contribution in [2.24, 2.45) is 5.14 Å². The topological polar surface area (TPSA) is 106 Å². The van der Waals surface area contributed by atoms with Crippen LogP contribution in [0.15, 0.2) is 59.1 Å². The Morgan fingerprint density at radius 2 is 1.88 bits per heavy atom. The number of hydrogen-bond donors (Lipinski definition) is 1. The van der Waals surface area contributed by atoms with Gasteiger partial charge >= 0.3 is 0 Å². The van der Waals surface area contributed by atoms with Crippen LogP contribution in [0.25, 0.3) is 11.3 Å². The number of pyridine rings is 1. The Morgan fingerprint density at radius 3 is 2.46 bits per heavy atom. The summed E-state index contributed by atoms with van der Waals surface area (Å²) < 4.78 is 22.6. The van der Waals surface area contributed by atoms with E-state index < -0.39 is 10.0 Å². The molecule has 7 nitrogen and oxygen atoms in total. The van der Waals surface area contributed by atoms with Gasteiger partial charge in [0.15, 0.2) is 9.34 Å². The van der Waals surface area contributed by atoms with E-state index in [4.69, 9.17) is 5.14 Å². The van der Waals surface area contributed by atoms with Crippen LogP contribution >= 0.6 is 11.3 Å². The molecule has 3 aromatic rings. The van der Waals surface area contributed by atoms with Gasteiger partial charge in [0.25, 0.3) is 0 Å². The van der Waals surface area contributed by atoms with Crippen LogP contribution in [-0.4, -0.2) is 31.3 Å². The molecule has 0 radical (unpaired) electrons. The van der Waals surface area contributed by atoms with Crippen LogP contribution in [0, 0.1) is 0 Å². The maximum atomic E-state index is 12.4. The molecule has 3 rings (SSSR count). The molecular formula is C17H16N4O3S2. The quantitative estimate of drug-likeness (QED) is 0.720. The number of amides is 1. The number of sulfonamides is 1. The second kappa shape index (κ2) is 7.32. The number of thiazole rings is 1. The van der Waals surface area contributed by atoms with Gasteiger partial charge in [0.2, 0.25) is 15.9 Å². The molecule has 134 valence electrons. The van der Waals surface area contributed by atoms with Crippen LogP contribution < -0.4 is 10.0 Å². The van der Waals surface area contributed by atoms with E-state index in [1.54, 1.807) is 13.2 Å². The van der Waals surface area contributed by atoms with Gasteiger partial charge in [-0.15, -0.1) is 0 Å². The number of hydrogen-bond acceptors (Lipinski definition) is 6. The SMILES string of the molecule is CN(C(=O)Cc1ccc(-c2ccccn2)cc1)c1ncc(S(N)(=O)=O)s1. The Balaban J connectivity index is 1.70. The van der Waals surface area contributed by atoms with Gasteiger partial charge in [0, 0.05) is 18.8 Å². The summed E-state index contributed by atoms with van der Waals surface area (Å²) in [5, 5.41) is 5.35. The Labute approximate surface area is 155 Å². The van der Waals surface area contributed by atoms with E-state index in [0.717, 1.165) is 34.4 Å². The maximum absolute atomic E-state index is 12.4. The summed E-state index contributed by atoms with van der Waals surface area (Å²) in [5.74, 6) is -0.203. The monoisotopic (exact) mass is 388 g/mol. The molecule has 0 saturated carbocycles. The summed E-state index contributed by atoms with van der Waals surface area (Å²) in [4.78, 5) is 22.0. The van der Waals surface area contributed by atoms with Crippen molar-refractivity contribution >= 4 is 32.4 Å². The van der Waals surface area contributed by atoms with Crippen molar-refractivity contribution in [3.8, 4) is 11.3 Å². The van der Waals surface area contributed by atoms with E-state index in [-0.39, 0.29) is 21.7 Å². The lowest BCUT2D eigenvalue weighted by Gasteiger charge is -2.13. The third-order valence-electron chi connectivity index (χ3n) is 3.68. The highest BCUT2D eigenvalue weighted by Gasteiger charge is 2.19. The number of carbonyl (C=O) groups is 1. The van der Waals surface area contributed by atoms with E-state index in [1.807, 2.05) is 42.5 Å².